The van der Waals surface area contributed by atoms with Crippen molar-refractivity contribution in [1.82, 2.24) is 15.1 Å². The first kappa shape index (κ1) is 25.8. The van der Waals surface area contributed by atoms with Crippen LogP contribution in [0.1, 0.15) is 43.2 Å². The van der Waals surface area contributed by atoms with Gasteiger partial charge in [-0.05, 0) is 63.4 Å². The molecule has 1 unspecified atom stereocenters. The third kappa shape index (κ3) is 6.53. The van der Waals surface area contributed by atoms with Gasteiger partial charge in [-0.3, -0.25) is 4.79 Å². The average molecular weight is 464 g/mol. The van der Waals surface area contributed by atoms with Gasteiger partial charge in [-0.2, -0.15) is 25.6 Å². The number of ether oxygens (including phenoxy) is 1. The van der Waals surface area contributed by atoms with Crippen LogP contribution in [0.3, 0.4) is 0 Å². The zero-order chi connectivity index (χ0) is 23.7. The molecule has 0 spiro atoms. The number of thioether (sulfide) groups is 1. The lowest BCUT2D eigenvalue weighted by Gasteiger charge is -2.20. The highest BCUT2D eigenvalue weighted by Crippen LogP contribution is 2.27. The second kappa shape index (κ2) is 12.0. The Morgan fingerprint density at radius 2 is 2.00 bits per heavy atom. The summed E-state index contributed by atoms with van der Waals surface area (Å²) in [5, 5.41) is 8.57. The summed E-state index contributed by atoms with van der Waals surface area (Å²) in [7, 11) is 2.05. The number of hydrogen-bond acceptors (Lipinski definition) is 5. The first-order valence-corrected chi connectivity index (χ1v) is 11.8. The normalized spacial score (nSPS) is 17.4. The molecule has 2 aromatic carbocycles. The highest BCUT2D eigenvalue weighted by Gasteiger charge is 2.26. The zero-order valence-electron chi connectivity index (χ0n) is 19.2. The van der Waals surface area contributed by atoms with Crippen molar-refractivity contribution in [3.05, 3.63) is 53.7 Å². The van der Waals surface area contributed by atoms with Crippen molar-refractivity contribution in [2.75, 3.05) is 18.6 Å². The number of aldehydes is 1. The lowest BCUT2D eigenvalue weighted by molar-refractivity contribution is -0.0498. The van der Waals surface area contributed by atoms with E-state index in [1.807, 2.05) is 39.6 Å². The summed E-state index contributed by atoms with van der Waals surface area (Å²) in [5.41, 5.74) is 3.15. The molecule has 1 aliphatic rings. The highest BCUT2D eigenvalue weighted by molar-refractivity contribution is 7.99. The standard InChI is InChI=1S/C16H12F2N2O2.C6H13NS.C2H6/c1-10-14-7-11(9-21)5-6-15(14)20(19-10)12-3-2-4-13(8-12)22-16(17)18;1-6(7-2)3-4-8-5-6;1-2/h2-9,16H,1H3;7H,3-5H2,1-2H3;1-2H3. The van der Waals surface area contributed by atoms with Gasteiger partial charge >= 0.3 is 6.61 Å². The van der Waals surface area contributed by atoms with E-state index in [4.69, 9.17) is 0 Å². The molecule has 1 N–H and O–H groups in total. The molecule has 0 amide bonds. The smallest absolute Gasteiger partial charge is 0.387 e. The number of benzene rings is 2. The van der Waals surface area contributed by atoms with Gasteiger partial charge in [0.2, 0.25) is 0 Å². The Bertz CT molecular complexity index is 1020. The largest absolute Gasteiger partial charge is 0.435 e. The minimum Gasteiger partial charge on any atom is -0.435 e. The number of carbonyl (C=O) groups excluding carboxylic acids is 1. The van der Waals surface area contributed by atoms with Gasteiger partial charge in [0.1, 0.15) is 12.0 Å². The average Bonchev–Trinajstić information content (AvgIpc) is 3.39. The molecule has 0 radical (unpaired) electrons. The number of nitrogens with zero attached hydrogens (tertiary/aromatic N) is 2. The second-order valence-electron chi connectivity index (χ2n) is 7.38. The highest BCUT2D eigenvalue weighted by atomic mass is 32.2. The van der Waals surface area contributed by atoms with Crippen molar-refractivity contribution in [2.45, 2.75) is 46.3 Å². The molecular formula is C24H31F2N3O2S. The number of alkyl halides is 2. The quantitative estimate of drug-likeness (QED) is 0.479. The molecule has 1 fully saturated rings. The van der Waals surface area contributed by atoms with E-state index in [0.717, 1.165) is 22.9 Å². The fourth-order valence-electron chi connectivity index (χ4n) is 3.21. The van der Waals surface area contributed by atoms with Crippen LogP contribution >= 0.6 is 11.8 Å². The Morgan fingerprint density at radius 3 is 2.56 bits per heavy atom. The maximum absolute atomic E-state index is 12.3. The second-order valence-corrected chi connectivity index (χ2v) is 8.49. The summed E-state index contributed by atoms with van der Waals surface area (Å²) >= 11 is 2.04. The Balaban J connectivity index is 0.000000304. The first-order valence-electron chi connectivity index (χ1n) is 10.6. The molecule has 0 aliphatic carbocycles. The van der Waals surface area contributed by atoms with E-state index in [-0.39, 0.29) is 5.75 Å². The number of hydrogen-bond donors (Lipinski definition) is 1. The van der Waals surface area contributed by atoms with Crippen LogP contribution in [0, 0.1) is 6.92 Å². The molecule has 5 nitrogen and oxygen atoms in total. The maximum Gasteiger partial charge on any atom is 0.387 e. The van der Waals surface area contributed by atoms with Crippen molar-refractivity contribution >= 4 is 29.0 Å². The lowest BCUT2D eigenvalue weighted by Crippen LogP contribution is -2.39. The molecule has 0 saturated carbocycles. The van der Waals surface area contributed by atoms with Gasteiger partial charge in [-0.1, -0.05) is 19.9 Å². The molecule has 1 saturated heterocycles. The van der Waals surface area contributed by atoms with Gasteiger partial charge in [0.15, 0.2) is 0 Å². The number of aromatic nitrogens is 2. The molecule has 1 aromatic heterocycles. The first-order chi connectivity index (χ1) is 15.3. The molecule has 4 rings (SSSR count). The molecule has 1 aliphatic heterocycles. The van der Waals surface area contributed by atoms with E-state index in [1.54, 1.807) is 35.0 Å². The molecule has 32 heavy (non-hydrogen) atoms. The van der Waals surface area contributed by atoms with Crippen molar-refractivity contribution in [3.8, 4) is 11.4 Å². The number of carbonyl (C=O) groups is 1. The summed E-state index contributed by atoms with van der Waals surface area (Å²) in [4.78, 5) is 10.9. The molecule has 1 atom stereocenters. The van der Waals surface area contributed by atoms with Gasteiger partial charge in [0, 0.05) is 28.3 Å². The predicted molar refractivity (Wildman–Crippen MR) is 129 cm³/mol. The topological polar surface area (TPSA) is 56.1 Å². The fourth-order valence-corrected chi connectivity index (χ4v) is 4.69. The number of rotatable bonds is 5. The van der Waals surface area contributed by atoms with Gasteiger partial charge < -0.3 is 10.1 Å². The minimum absolute atomic E-state index is 0.0679. The Labute approximate surface area is 192 Å². The van der Waals surface area contributed by atoms with E-state index in [0.29, 0.717) is 16.8 Å². The maximum atomic E-state index is 12.3. The lowest BCUT2D eigenvalue weighted by atomic mass is 10.0. The number of aryl methyl sites for hydroxylation is 1. The minimum atomic E-state index is -2.87. The Morgan fingerprint density at radius 1 is 1.25 bits per heavy atom. The molecule has 8 heteroatoms. The van der Waals surface area contributed by atoms with Crippen LogP contribution in [0.5, 0.6) is 5.75 Å². The van der Waals surface area contributed by atoms with Gasteiger partial charge in [0.05, 0.1) is 16.9 Å². The van der Waals surface area contributed by atoms with Crippen LogP contribution in [-0.2, 0) is 0 Å². The molecule has 2 heterocycles. The van der Waals surface area contributed by atoms with Crippen LogP contribution in [-0.4, -0.2) is 46.8 Å². The van der Waals surface area contributed by atoms with Crippen molar-refractivity contribution in [3.63, 3.8) is 0 Å². The molecule has 3 aromatic rings. The summed E-state index contributed by atoms with van der Waals surface area (Å²) in [6.07, 6.45) is 2.10. The van der Waals surface area contributed by atoms with Gasteiger partial charge in [-0.25, -0.2) is 4.68 Å². The summed E-state index contributed by atoms with van der Waals surface area (Å²) < 4.78 is 30.7. The van der Waals surface area contributed by atoms with E-state index < -0.39 is 6.61 Å². The van der Waals surface area contributed by atoms with E-state index in [9.17, 15) is 13.6 Å². The third-order valence-corrected chi connectivity index (χ3v) is 6.47. The van der Waals surface area contributed by atoms with E-state index in [2.05, 4.69) is 22.1 Å². The van der Waals surface area contributed by atoms with Crippen molar-refractivity contribution in [2.24, 2.45) is 0 Å². The summed E-state index contributed by atoms with van der Waals surface area (Å²) in [6.45, 7) is 5.24. The molecule has 0 bridgehead atoms. The van der Waals surface area contributed by atoms with Crippen LogP contribution in [0.25, 0.3) is 16.6 Å². The summed E-state index contributed by atoms with van der Waals surface area (Å²) in [6, 6.07) is 11.5. The fraction of sp³-hybridized carbons (Fsp3) is 0.417. The van der Waals surface area contributed by atoms with Crippen molar-refractivity contribution in [1.29, 1.82) is 0 Å². The van der Waals surface area contributed by atoms with Crippen molar-refractivity contribution < 1.29 is 18.3 Å². The van der Waals surface area contributed by atoms with Gasteiger partial charge in [-0.15, -0.1) is 0 Å². The number of fused-ring (bicyclic) bond motifs is 1. The predicted octanol–water partition coefficient (Wildman–Crippen LogP) is 5.88. The number of nitrogens with one attached hydrogen (secondary N) is 1. The van der Waals surface area contributed by atoms with Crippen LogP contribution in [0.15, 0.2) is 42.5 Å². The van der Waals surface area contributed by atoms with Crippen LogP contribution in [0.2, 0.25) is 0 Å². The Kier molecular flexibility index (Phi) is 9.65. The van der Waals surface area contributed by atoms with E-state index in [1.165, 1.54) is 30.1 Å². The van der Waals surface area contributed by atoms with Crippen LogP contribution in [0.4, 0.5) is 8.78 Å². The monoisotopic (exact) mass is 463 g/mol. The third-order valence-electron chi connectivity index (χ3n) is 5.13. The SMILES string of the molecule is CC.CNC1(C)CCSC1.Cc1nn(-c2cccc(OC(F)F)c2)c2ccc(C=O)cc12. The molecule has 174 valence electrons. The van der Waals surface area contributed by atoms with Crippen LogP contribution < -0.4 is 10.1 Å². The molecular weight excluding hydrogens is 432 g/mol. The van der Waals surface area contributed by atoms with E-state index >= 15 is 0 Å². The summed E-state index contributed by atoms with van der Waals surface area (Å²) in [5.74, 6) is 2.68. The van der Waals surface area contributed by atoms with Gasteiger partial charge in [0.25, 0.3) is 0 Å². The zero-order valence-corrected chi connectivity index (χ0v) is 20.0. The number of halogens is 2. The Hall–Kier alpha value is -2.45.